The van der Waals surface area contributed by atoms with Gasteiger partial charge in [-0.1, -0.05) is 0 Å². The maximum Gasteiger partial charge on any atom is 0.364 e. The van der Waals surface area contributed by atoms with Crippen LogP contribution < -0.4 is 0 Å². The van der Waals surface area contributed by atoms with Crippen LogP contribution in [0.4, 0.5) is 0 Å². The summed E-state index contributed by atoms with van der Waals surface area (Å²) in [6.45, 7) is -1.98. The Balaban J connectivity index is 3.19. The summed E-state index contributed by atoms with van der Waals surface area (Å²) in [5.74, 6) is -6.20. The monoisotopic (exact) mass is 325 g/mol. The molecule has 6 atom stereocenters. The molecule has 0 aromatic heterocycles. The van der Waals surface area contributed by atoms with E-state index < -0.39 is 68.0 Å². The minimum absolute atomic E-state index is 0.378. The lowest BCUT2D eigenvalue weighted by molar-refractivity contribution is -0.301. The van der Waals surface area contributed by atoms with E-state index >= 15 is 0 Å². The van der Waals surface area contributed by atoms with E-state index in [-0.39, 0.29) is 5.06 Å². The molecule has 1 saturated heterocycles. The standard InChI is InChI=1S/C11H18NO10/c1-4(14)12(21)7-5(15)2-11(20,10(18)19)22-9(7)8(17)6(16)3-13/h5-9,13,15-17,20H,2-3H2,1H3,(H,18,19)/q-1/t5-,6+,7+,8+,9+,11?/m0/s1/i1D. The molecule has 1 aliphatic heterocycles. The molecule has 128 valence electrons. The predicted octanol–water partition coefficient (Wildman–Crippen LogP) is -3.66. The van der Waals surface area contributed by atoms with Crippen LogP contribution in [0.3, 0.4) is 0 Å². The van der Waals surface area contributed by atoms with Gasteiger partial charge in [0.25, 0.3) is 5.79 Å². The van der Waals surface area contributed by atoms with Crippen LogP contribution in [0.1, 0.15) is 14.7 Å². The van der Waals surface area contributed by atoms with Gasteiger partial charge in [-0.25, -0.2) is 4.79 Å². The van der Waals surface area contributed by atoms with Crippen LogP contribution in [-0.4, -0.2) is 90.4 Å². The maximum atomic E-state index is 11.9. The van der Waals surface area contributed by atoms with Crippen LogP contribution in [0.5, 0.6) is 0 Å². The van der Waals surface area contributed by atoms with Gasteiger partial charge in [-0.3, -0.25) is 4.79 Å². The van der Waals surface area contributed by atoms with Crippen molar-refractivity contribution < 1.29 is 46.3 Å². The number of hydrogen-bond donors (Lipinski definition) is 6. The molecule has 0 aromatic rings. The number of carbonyl (C=O) groups is 2. The van der Waals surface area contributed by atoms with Crippen molar-refractivity contribution in [2.24, 2.45) is 0 Å². The molecule has 1 aliphatic rings. The summed E-state index contributed by atoms with van der Waals surface area (Å²) in [4.78, 5) is 22.4. The normalized spacial score (nSPS) is 35.4. The number of ether oxygens (including phenoxy) is 1. The minimum atomic E-state index is -2.97. The second kappa shape index (κ2) is 6.83. The fraction of sp³-hybridized carbons (Fsp3) is 0.818. The van der Waals surface area contributed by atoms with Crippen LogP contribution in [0, 0.1) is 5.21 Å². The Morgan fingerprint density at radius 1 is 1.55 bits per heavy atom. The zero-order chi connectivity index (χ0) is 17.9. The van der Waals surface area contributed by atoms with Gasteiger partial charge in [0.05, 0.1) is 18.8 Å². The molecular formula is C11H18NO10-. The summed E-state index contributed by atoms with van der Waals surface area (Å²) < 4.78 is 11.6. The SMILES string of the molecule is [2H]CC(=O)N([O-])[C@H]1[C@H]([C@H](O)[C@H](O)CO)OC(O)(C(=O)O)C[C@@H]1O. The van der Waals surface area contributed by atoms with Crippen LogP contribution in [0.2, 0.25) is 0 Å². The first-order valence-electron chi connectivity index (χ1n) is 6.86. The zero-order valence-electron chi connectivity index (χ0n) is 12.3. The summed E-state index contributed by atoms with van der Waals surface area (Å²) in [7, 11) is 0. The van der Waals surface area contributed by atoms with Gasteiger partial charge in [0.15, 0.2) is 0 Å². The largest absolute Gasteiger partial charge is 0.756 e. The van der Waals surface area contributed by atoms with Crippen molar-refractivity contribution in [1.82, 2.24) is 5.06 Å². The van der Waals surface area contributed by atoms with E-state index in [1.54, 1.807) is 0 Å². The Morgan fingerprint density at radius 3 is 2.59 bits per heavy atom. The average molecular weight is 325 g/mol. The number of amides is 1. The number of rotatable bonds is 5. The highest BCUT2D eigenvalue weighted by molar-refractivity contribution is 5.76. The summed E-state index contributed by atoms with van der Waals surface area (Å²) in [6.07, 6.45) is -8.93. The second-order valence-electron chi connectivity index (χ2n) is 4.89. The predicted molar refractivity (Wildman–Crippen MR) is 66.9 cm³/mol. The molecular weight excluding hydrogens is 306 g/mol. The number of aliphatic carboxylic acids is 1. The molecule has 1 rings (SSSR count). The van der Waals surface area contributed by atoms with Gasteiger partial charge >= 0.3 is 5.97 Å². The molecule has 11 nitrogen and oxygen atoms in total. The van der Waals surface area contributed by atoms with E-state index in [4.69, 9.17) is 16.3 Å². The molecule has 0 radical (unpaired) electrons. The second-order valence-corrected chi connectivity index (χ2v) is 4.89. The molecule has 22 heavy (non-hydrogen) atoms. The lowest BCUT2D eigenvalue weighted by Crippen LogP contribution is -2.67. The van der Waals surface area contributed by atoms with E-state index in [2.05, 4.69) is 0 Å². The van der Waals surface area contributed by atoms with Crippen LogP contribution in [0.15, 0.2) is 0 Å². The summed E-state index contributed by atoms with van der Waals surface area (Å²) in [6, 6.07) is -1.89. The fourth-order valence-corrected chi connectivity index (χ4v) is 2.16. The lowest BCUT2D eigenvalue weighted by atomic mass is 9.88. The Morgan fingerprint density at radius 2 is 2.14 bits per heavy atom. The number of nitrogens with zero attached hydrogens (tertiary/aromatic N) is 1. The zero-order valence-corrected chi connectivity index (χ0v) is 11.3. The van der Waals surface area contributed by atoms with E-state index in [0.717, 1.165) is 0 Å². The topological polar surface area (TPSA) is 191 Å². The van der Waals surface area contributed by atoms with Gasteiger partial charge in [0.1, 0.15) is 18.3 Å². The van der Waals surface area contributed by atoms with Crippen LogP contribution in [0.25, 0.3) is 0 Å². The van der Waals surface area contributed by atoms with Gasteiger partial charge in [-0.15, -0.1) is 0 Å². The average Bonchev–Trinajstić information content (AvgIpc) is 2.51. The molecule has 1 unspecified atom stereocenters. The molecule has 0 aromatic carbocycles. The quantitative estimate of drug-likeness (QED) is 0.274. The first-order valence-corrected chi connectivity index (χ1v) is 6.16. The van der Waals surface area contributed by atoms with Crippen molar-refractivity contribution in [2.75, 3.05) is 6.61 Å². The van der Waals surface area contributed by atoms with Crippen molar-refractivity contribution in [2.45, 2.75) is 49.6 Å². The van der Waals surface area contributed by atoms with Crippen LogP contribution in [-0.2, 0) is 14.3 Å². The number of carboxylic acids is 1. The molecule has 0 bridgehead atoms. The van der Waals surface area contributed by atoms with E-state index in [1.165, 1.54) is 0 Å². The van der Waals surface area contributed by atoms with Crippen molar-refractivity contribution in [3.63, 3.8) is 0 Å². The van der Waals surface area contributed by atoms with Crippen molar-refractivity contribution in [3.8, 4) is 0 Å². The highest BCUT2D eigenvalue weighted by Crippen LogP contribution is 2.32. The molecule has 1 fully saturated rings. The Hall–Kier alpha value is -1.34. The van der Waals surface area contributed by atoms with Gasteiger partial charge < -0.3 is 45.6 Å². The van der Waals surface area contributed by atoms with E-state index in [0.29, 0.717) is 0 Å². The van der Waals surface area contributed by atoms with Crippen LogP contribution >= 0.6 is 0 Å². The Labute approximate surface area is 125 Å². The fourth-order valence-electron chi connectivity index (χ4n) is 2.16. The number of hydroxylamine groups is 2. The molecule has 6 N–H and O–H groups in total. The van der Waals surface area contributed by atoms with Crippen molar-refractivity contribution in [1.29, 1.82) is 0 Å². The Bertz CT molecular complexity index is 451. The third-order valence-electron chi connectivity index (χ3n) is 3.32. The Kier molecular flexibility index (Phi) is 5.28. The third kappa shape index (κ3) is 3.52. The first-order chi connectivity index (χ1) is 10.6. The molecule has 0 saturated carbocycles. The van der Waals surface area contributed by atoms with Gasteiger partial charge in [-0.2, -0.15) is 0 Å². The maximum absolute atomic E-state index is 11.9. The van der Waals surface area contributed by atoms with Gasteiger partial charge in [-0.05, 0) is 0 Å². The van der Waals surface area contributed by atoms with Crippen molar-refractivity contribution in [3.05, 3.63) is 5.21 Å². The number of carbonyl (C=O) groups excluding carboxylic acids is 1. The third-order valence-corrected chi connectivity index (χ3v) is 3.32. The first kappa shape index (κ1) is 17.0. The van der Waals surface area contributed by atoms with E-state index in [9.17, 15) is 35.2 Å². The molecule has 0 spiro atoms. The molecule has 1 heterocycles. The van der Waals surface area contributed by atoms with E-state index in [1.807, 2.05) is 0 Å². The summed E-state index contributed by atoms with van der Waals surface area (Å²) in [5, 5.41) is 68.3. The number of aliphatic hydroxyl groups excluding tert-OH is 4. The number of hydrogen-bond acceptors (Lipinski definition) is 9. The summed E-state index contributed by atoms with van der Waals surface area (Å²) in [5.41, 5.74) is 0. The number of aliphatic hydroxyl groups is 5. The number of carboxylic acid groups (broad SMARTS) is 1. The highest BCUT2D eigenvalue weighted by atomic mass is 16.7. The highest BCUT2D eigenvalue weighted by Gasteiger charge is 2.54. The molecule has 1 amide bonds. The minimum Gasteiger partial charge on any atom is -0.756 e. The van der Waals surface area contributed by atoms with Gasteiger partial charge in [0.2, 0.25) is 5.91 Å². The van der Waals surface area contributed by atoms with Crippen molar-refractivity contribution >= 4 is 11.9 Å². The summed E-state index contributed by atoms with van der Waals surface area (Å²) >= 11 is 0. The molecule has 0 aliphatic carbocycles. The van der Waals surface area contributed by atoms with Gasteiger partial charge in [0, 0.05) is 14.7 Å². The molecule has 11 heteroatoms. The smallest absolute Gasteiger partial charge is 0.364 e. The lowest BCUT2D eigenvalue weighted by Gasteiger charge is -2.50.